The van der Waals surface area contributed by atoms with Crippen molar-refractivity contribution in [3.8, 4) is 28.4 Å². The Morgan fingerprint density at radius 3 is 2.44 bits per heavy atom. The minimum atomic E-state index is -1.88. The molecule has 3 aromatic carbocycles. The van der Waals surface area contributed by atoms with E-state index in [1.165, 1.54) is 30.5 Å². The van der Waals surface area contributed by atoms with Gasteiger partial charge in [-0.3, -0.25) is 0 Å². The Balaban J connectivity index is 1.64. The van der Waals surface area contributed by atoms with Crippen LogP contribution in [0.5, 0.6) is 17.2 Å². The second-order valence-corrected chi connectivity index (χ2v) is 7.60. The number of ether oxygens (including phenoxy) is 3. The van der Waals surface area contributed by atoms with E-state index in [-0.39, 0.29) is 18.7 Å². The Hall–Kier alpha value is -3.98. The number of rotatable bonds is 9. The lowest BCUT2D eigenvalue weighted by molar-refractivity contribution is -0.0302. The van der Waals surface area contributed by atoms with E-state index in [4.69, 9.17) is 14.2 Å². The predicted molar refractivity (Wildman–Crippen MR) is 121 cm³/mol. The van der Waals surface area contributed by atoms with Gasteiger partial charge in [-0.05, 0) is 29.8 Å². The maximum absolute atomic E-state index is 14.6. The third kappa shape index (κ3) is 4.84. The average molecular weight is 467 g/mol. The third-order valence-corrected chi connectivity index (χ3v) is 5.37. The van der Waals surface area contributed by atoms with Gasteiger partial charge in [-0.2, -0.15) is 5.10 Å². The molecule has 176 valence electrons. The molecule has 1 atom stereocenters. The highest BCUT2D eigenvalue weighted by atomic mass is 19.1. The van der Waals surface area contributed by atoms with E-state index in [0.717, 1.165) is 17.2 Å². The van der Waals surface area contributed by atoms with E-state index < -0.39 is 17.2 Å². The van der Waals surface area contributed by atoms with Crippen LogP contribution >= 0.6 is 0 Å². The summed E-state index contributed by atoms with van der Waals surface area (Å²) in [6.45, 7) is -0.531. The van der Waals surface area contributed by atoms with Gasteiger partial charge < -0.3 is 19.3 Å². The van der Waals surface area contributed by atoms with Gasteiger partial charge in [0.2, 0.25) is 0 Å². The molecular formula is C25H23F2N3O4. The SMILES string of the molecule is COc1cc(-c2ccccc2OC)ccc1OCC(O)(Cn1cncn1)c1ccc(F)cc1F. The van der Waals surface area contributed by atoms with Gasteiger partial charge in [-0.15, -0.1) is 0 Å². The van der Waals surface area contributed by atoms with Crippen LogP contribution in [0.2, 0.25) is 0 Å². The fraction of sp³-hybridized carbons (Fsp3) is 0.200. The molecule has 0 fully saturated rings. The first-order valence-corrected chi connectivity index (χ1v) is 10.4. The first kappa shape index (κ1) is 23.2. The highest BCUT2D eigenvalue weighted by Gasteiger charge is 2.35. The first-order chi connectivity index (χ1) is 16.4. The second kappa shape index (κ2) is 9.88. The molecule has 1 N–H and O–H groups in total. The summed E-state index contributed by atoms with van der Waals surface area (Å²) in [4.78, 5) is 3.85. The molecule has 9 heteroatoms. The molecule has 7 nitrogen and oxygen atoms in total. The highest BCUT2D eigenvalue weighted by molar-refractivity contribution is 5.72. The Bertz CT molecular complexity index is 1270. The maximum Gasteiger partial charge on any atom is 0.161 e. The molecular weight excluding hydrogens is 444 g/mol. The number of para-hydroxylation sites is 1. The summed E-state index contributed by atoms with van der Waals surface area (Å²) in [5, 5.41) is 15.4. The standard InChI is InChI=1S/C25H23F2N3O4/c1-32-22-6-4-3-5-19(22)17-7-10-23(24(11-17)33-2)34-14-25(31,13-30-16-28-15-29-30)20-9-8-18(26)12-21(20)27/h3-12,15-16,31H,13-14H2,1-2H3. The Morgan fingerprint density at radius 2 is 1.74 bits per heavy atom. The lowest BCUT2D eigenvalue weighted by Crippen LogP contribution is -2.39. The summed E-state index contributed by atoms with van der Waals surface area (Å²) in [5.41, 5.74) is -0.304. The van der Waals surface area contributed by atoms with E-state index in [1.54, 1.807) is 19.2 Å². The lowest BCUT2D eigenvalue weighted by Gasteiger charge is -2.29. The van der Waals surface area contributed by atoms with Gasteiger partial charge in [-0.25, -0.2) is 18.4 Å². The predicted octanol–water partition coefficient (Wildman–Crippen LogP) is 4.21. The molecule has 0 radical (unpaired) electrons. The van der Waals surface area contributed by atoms with E-state index in [2.05, 4.69) is 10.1 Å². The molecule has 34 heavy (non-hydrogen) atoms. The van der Waals surface area contributed by atoms with Crippen molar-refractivity contribution in [2.75, 3.05) is 20.8 Å². The number of hydrogen-bond acceptors (Lipinski definition) is 6. The maximum atomic E-state index is 14.6. The van der Waals surface area contributed by atoms with Crippen LogP contribution in [-0.4, -0.2) is 40.7 Å². The smallest absolute Gasteiger partial charge is 0.161 e. The van der Waals surface area contributed by atoms with Gasteiger partial charge in [-0.1, -0.05) is 30.3 Å². The van der Waals surface area contributed by atoms with Gasteiger partial charge in [0.1, 0.15) is 42.2 Å². The van der Waals surface area contributed by atoms with Crippen LogP contribution in [0.4, 0.5) is 8.78 Å². The summed E-state index contributed by atoms with van der Waals surface area (Å²) >= 11 is 0. The summed E-state index contributed by atoms with van der Waals surface area (Å²) in [7, 11) is 3.09. The molecule has 1 heterocycles. The van der Waals surface area contributed by atoms with Crippen LogP contribution < -0.4 is 14.2 Å². The van der Waals surface area contributed by atoms with E-state index >= 15 is 0 Å². The molecule has 0 amide bonds. The Labute approximate surface area is 195 Å². The summed E-state index contributed by atoms with van der Waals surface area (Å²) in [5.74, 6) is -0.206. The molecule has 4 rings (SSSR count). The number of nitrogens with zero attached hydrogens (tertiary/aromatic N) is 3. The fourth-order valence-electron chi connectivity index (χ4n) is 3.69. The summed E-state index contributed by atoms with van der Waals surface area (Å²) in [6, 6.07) is 15.8. The van der Waals surface area contributed by atoms with E-state index in [9.17, 15) is 13.9 Å². The summed E-state index contributed by atoms with van der Waals surface area (Å²) < 4.78 is 46.3. The first-order valence-electron chi connectivity index (χ1n) is 10.4. The monoisotopic (exact) mass is 467 g/mol. The Kier molecular flexibility index (Phi) is 6.74. The van der Waals surface area contributed by atoms with Crippen LogP contribution in [-0.2, 0) is 12.1 Å². The highest BCUT2D eigenvalue weighted by Crippen LogP contribution is 2.37. The molecule has 0 spiro atoms. The third-order valence-electron chi connectivity index (χ3n) is 5.37. The van der Waals surface area contributed by atoms with Crippen LogP contribution in [0.15, 0.2) is 73.3 Å². The van der Waals surface area contributed by atoms with Gasteiger partial charge in [0, 0.05) is 17.2 Å². The number of methoxy groups -OCH3 is 2. The molecule has 0 aliphatic heterocycles. The molecule has 1 aromatic heterocycles. The zero-order chi connectivity index (χ0) is 24.1. The van der Waals surface area contributed by atoms with Crippen molar-refractivity contribution in [1.82, 2.24) is 14.8 Å². The molecule has 1 unspecified atom stereocenters. The van der Waals surface area contributed by atoms with Crippen LogP contribution in [0.1, 0.15) is 5.56 Å². The van der Waals surface area contributed by atoms with Crippen LogP contribution in [0.25, 0.3) is 11.1 Å². The van der Waals surface area contributed by atoms with Gasteiger partial charge in [0.25, 0.3) is 0 Å². The molecule has 0 aliphatic rings. The van der Waals surface area contributed by atoms with Crippen molar-refractivity contribution in [2.45, 2.75) is 12.1 Å². The normalized spacial score (nSPS) is 12.7. The molecule has 0 saturated heterocycles. The zero-order valence-electron chi connectivity index (χ0n) is 18.6. The molecule has 4 aromatic rings. The number of hydrogen-bond donors (Lipinski definition) is 1. The Morgan fingerprint density at radius 1 is 0.941 bits per heavy atom. The number of aromatic nitrogens is 3. The number of halogens is 2. The fourth-order valence-corrected chi connectivity index (χ4v) is 3.69. The van der Waals surface area contributed by atoms with Crippen molar-refractivity contribution in [1.29, 1.82) is 0 Å². The second-order valence-electron chi connectivity index (χ2n) is 7.60. The quantitative estimate of drug-likeness (QED) is 0.397. The topological polar surface area (TPSA) is 78.6 Å². The molecule has 0 saturated carbocycles. The van der Waals surface area contributed by atoms with Crippen LogP contribution in [0.3, 0.4) is 0 Å². The minimum absolute atomic E-state index is 0.131. The van der Waals surface area contributed by atoms with E-state index in [0.29, 0.717) is 23.3 Å². The van der Waals surface area contributed by atoms with Crippen molar-refractivity contribution >= 4 is 0 Å². The van der Waals surface area contributed by atoms with E-state index in [1.807, 2.05) is 30.3 Å². The van der Waals surface area contributed by atoms with Crippen molar-refractivity contribution in [3.63, 3.8) is 0 Å². The largest absolute Gasteiger partial charge is 0.496 e. The summed E-state index contributed by atoms with van der Waals surface area (Å²) in [6.07, 6.45) is 2.68. The van der Waals surface area contributed by atoms with Gasteiger partial charge in [0.15, 0.2) is 11.5 Å². The molecule has 0 aliphatic carbocycles. The van der Waals surface area contributed by atoms with Crippen molar-refractivity contribution in [3.05, 3.63) is 90.5 Å². The van der Waals surface area contributed by atoms with Crippen molar-refractivity contribution < 1.29 is 28.1 Å². The van der Waals surface area contributed by atoms with Gasteiger partial charge in [0.05, 0.1) is 20.8 Å². The van der Waals surface area contributed by atoms with Crippen molar-refractivity contribution in [2.24, 2.45) is 0 Å². The van der Waals surface area contributed by atoms with Crippen LogP contribution in [0, 0.1) is 11.6 Å². The molecule has 0 bridgehead atoms. The number of benzene rings is 3. The minimum Gasteiger partial charge on any atom is -0.496 e. The van der Waals surface area contributed by atoms with Gasteiger partial charge >= 0.3 is 0 Å². The zero-order valence-corrected chi connectivity index (χ0v) is 18.6. The lowest BCUT2D eigenvalue weighted by atomic mass is 9.94. The number of aliphatic hydroxyl groups is 1. The average Bonchev–Trinajstić information content (AvgIpc) is 3.35.